The third-order valence-corrected chi connectivity index (χ3v) is 5.64. The summed E-state index contributed by atoms with van der Waals surface area (Å²) in [7, 11) is 3.76. The first-order valence-corrected chi connectivity index (χ1v) is 8.65. The maximum absolute atomic E-state index is 5.36. The van der Waals surface area contributed by atoms with Crippen molar-refractivity contribution >= 4 is 27.7 Å². The highest BCUT2D eigenvalue weighted by Crippen LogP contribution is 2.42. The lowest BCUT2D eigenvalue weighted by atomic mass is 10.1. The molecule has 2 aromatic rings. The SMILES string of the molecule is CNC1c2cc(OC)ccc2CC1Sc1cccc(Br)c1. The van der Waals surface area contributed by atoms with E-state index in [4.69, 9.17) is 4.74 Å². The molecule has 2 aromatic carbocycles. The topological polar surface area (TPSA) is 21.3 Å². The van der Waals surface area contributed by atoms with Gasteiger partial charge >= 0.3 is 0 Å². The Morgan fingerprint density at radius 3 is 2.81 bits per heavy atom. The van der Waals surface area contributed by atoms with Crippen molar-refractivity contribution in [2.24, 2.45) is 0 Å². The van der Waals surface area contributed by atoms with Gasteiger partial charge in [0.1, 0.15) is 5.75 Å². The van der Waals surface area contributed by atoms with E-state index in [0.29, 0.717) is 11.3 Å². The number of rotatable bonds is 4. The molecule has 21 heavy (non-hydrogen) atoms. The van der Waals surface area contributed by atoms with Gasteiger partial charge in [0.15, 0.2) is 0 Å². The molecule has 3 rings (SSSR count). The van der Waals surface area contributed by atoms with Crippen LogP contribution in [-0.2, 0) is 6.42 Å². The van der Waals surface area contributed by atoms with Gasteiger partial charge in [0.25, 0.3) is 0 Å². The molecule has 0 heterocycles. The van der Waals surface area contributed by atoms with Crippen LogP contribution in [0, 0.1) is 0 Å². The zero-order valence-electron chi connectivity index (χ0n) is 12.1. The van der Waals surface area contributed by atoms with Crippen LogP contribution in [0.2, 0.25) is 0 Å². The molecule has 0 bridgehead atoms. The summed E-state index contributed by atoms with van der Waals surface area (Å²) in [5, 5.41) is 3.97. The molecule has 0 radical (unpaired) electrons. The fraction of sp³-hybridized carbons (Fsp3) is 0.294. The number of hydrogen-bond acceptors (Lipinski definition) is 3. The fourth-order valence-corrected chi connectivity index (χ4v) is 4.81. The van der Waals surface area contributed by atoms with Gasteiger partial charge in [0.05, 0.1) is 7.11 Å². The van der Waals surface area contributed by atoms with Gasteiger partial charge in [-0.3, -0.25) is 0 Å². The molecule has 2 unspecified atom stereocenters. The molecule has 0 saturated heterocycles. The molecule has 1 N–H and O–H groups in total. The molecule has 2 atom stereocenters. The van der Waals surface area contributed by atoms with Gasteiger partial charge < -0.3 is 10.1 Å². The molecule has 0 spiro atoms. The third-order valence-electron chi connectivity index (χ3n) is 3.88. The average molecular weight is 364 g/mol. The van der Waals surface area contributed by atoms with E-state index in [-0.39, 0.29) is 0 Å². The van der Waals surface area contributed by atoms with Crippen molar-refractivity contribution in [2.75, 3.05) is 14.2 Å². The van der Waals surface area contributed by atoms with E-state index in [1.807, 2.05) is 18.8 Å². The third kappa shape index (κ3) is 3.12. The summed E-state index contributed by atoms with van der Waals surface area (Å²) in [4.78, 5) is 1.30. The molecule has 4 heteroatoms. The van der Waals surface area contributed by atoms with Crippen LogP contribution < -0.4 is 10.1 Å². The fourth-order valence-electron chi connectivity index (χ4n) is 2.88. The molecule has 1 aliphatic carbocycles. The average Bonchev–Trinajstić information content (AvgIpc) is 2.83. The van der Waals surface area contributed by atoms with Crippen LogP contribution in [0.5, 0.6) is 5.75 Å². The van der Waals surface area contributed by atoms with Crippen LogP contribution in [0.25, 0.3) is 0 Å². The van der Waals surface area contributed by atoms with Crippen molar-refractivity contribution in [1.29, 1.82) is 0 Å². The number of methoxy groups -OCH3 is 1. The Bertz CT molecular complexity index is 646. The smallest absolute Gasteiger partial charge is 0.119 e. The van der Waals surface area contributed by atoms with Crippen molar-refractivity contribution < 1.29 is 4.74 Å². The highest BCUT2D eigenvalue weighted by molar-refractivity contribution is 9.10. The molecular formula is C17H18BrNOS. The first-order valence-electron chi connectivity index (χ1n) is 6.97. The van der Waals surface area contributed by atoms with Gasteiger partial charge in [-0.15, -0.1) is 11.8 Å². The number of fused-ring (bicyclic) bond motifs is 1. The van der Waals surface area contributed by atoms with Crippen molar-refractivity contribution in [3.8, 4) is 5.75 Å². The minimum absolute atomic E-state index is 0.360. The van der Waals surface area contributed by atoms with Crippen LogP contribution in [0.15, 0.2) is 51.8 Å². The summed E-state index contributed by atoms with van der Waals surface area (Å²) in [6, 6.07) is 15.3. The summed E-state index contributed by atoms with van der Waals surface area (Å²) in [5.74, 6) is 0.933. The number of ether oxygens (including phenoxy) is 1. The van der Waals surface area contributed by atoms with Gasteiger partial charge in [-0.25, -0.2) is 0 Å². The van der Waals surface area contributed by atoms with Crippen molar-refractivity contribution in [1.82, 2.24) is 5.32 Å². The van der Waals surface area contributed by atoms with Gasteiger partial charge in [-0.1, -0.05) is 28.1 Å². The Morgan fingerprint density at radius 2 is 2.10 bits per heavy atom. The van der Waals surface area contributed by atoms with E-state index in [0.717, 1.165) is 16.6 Å². The first-order chi connectivity index (χ1) is 10.2. The van der Waals surface area contributed by atoms with Gasteiger partial charge in [0.2, 0.25) is 0 Å². The number of thioether (sulfide) groups is 1. The lowest BCUT2D eigenvalue weighted by molar-refractivity contribution is 0.413. The summed E-state index contributed by atoms with van der Waals surface area (Å²) in [6.07, 6.45) is 1.09. The molecule has 0 fully saturated rings. The number of halogens is 1. The number of nitrogens with one attached hydrogen (secondary N) is 1. The zero-order chi connectivity index (χ0) is 14.8. The second kappa shape index (κ2) is 6.42. The number of benzene rings is 2. The first kappa shape index (κ1) is 14.9. The predicted molar refractivity (Wildman–Crippen MR) is 92.3 cm³/mol. The zero-order valence-corrected chi connectivity index (χ0v) is 14.5. The van der Waals surface area contributed by atoms with E-state index in [2.05, 4.69) is 63.7 Å². The highest BCUT2D eigenvalue weighted by atomic mass is 79.9. The summed E-state index contributed by atoms with van der Waals surface area (Å²) in [5.41, 5.74) is 2.78. The maximum atomic E-state index is 5.36. The monoisotopic (exact) mass is 363 g/mol. The molecule has 0 amide bonds. The quantitative estimate of drug-likeness (QED) is 0.867. The molecule has 0 saturated carbocycles. The van der Waals surface area contributed by atoms with E-state index >= 15 is 0 Å². The maximum Gasteiger partial charge on any atom is 0.119 e. The second-order valence-electron chi connectivity index (χ2n) is 5.15. The van der Waals surface area contributed by atoms with Crippen LogP contribution in [0.3, 0.4) is 0 Å². The van der Waals surface area contributed by atoms with Gasteiger partial charge in [-0.05, 0) is 54.9 Å². The normalized spacial score (nSPS) is 20.3. The molecule has 0 aliphatic heterocycles. The van der Waals surface area contributed by atoms with E-state index in [1.54, 1.807) is 7.11 Å². The van der Waals surface area contributed by atoms with Crippen LogP contribution in [0.4, 0.5) is 0 Å². The Hall–Kier alpha value is -0.970. The molecular weight excluding hydrogens is 346 g/mol. The van der Waals surface area contributed by atoms with E-state index in [1.165, 1.54) is 16.0 Å². The van der Waals surface area contributed by atoms with Crippen molar-refractivity contribution in [3.05, 3.63) is 58.1 Å². The molecule has 2 nitrogen and oxygen atoms in total. The Kier molecular flexibility index (Phi) is 4.57. The van der Waals surface area contributed by atoms with Crippen LogP contribution >= 0.6 is 27.7 Å². The lowest BCUT2D eigenvalue weighted by Gasteiger charge is -2.19. The van der Waals surface area contributed by atoms with E-state index in [9.17, 15) is 0 Å². The van der Waals surface area contributed by atoms with Gasteiger partial charge in [-0.2, -0.15) is 0 Å². The van der Waals surface area contributed by atoms with Crippen molar-refractivity contribution in [3.63, 3.8) is 0 Å². The largest absolute Gasteiger partial charge is 0.497 e. The Morgan fingerprint density at radius 1 is 1.24 bits per heavy atom. The van der Waals surface area contributed by atoms with Crippen molar-refractivity contribution in [2.45, 2.75) is 22.6 Å². The minimum atomic E-state index is 0.360. The summed E-state index contributed by atoms with van der Waals surface area (Å²) in [6.45, 7) is 0. The molecule has 0 aromatic heterocycles. The minimum Gasteiger partial charge on any atom is -0.497 e. The Balaban J connectivity index is 1.85. The number of hydrogen-bond donors (Lipinski definition) is 1. The predicted octanol–water partition coefficient (Wildman–Crippen LogP) is 4.44. The second-order valence-corrected chi connectivity index (χ2v) is 7.38. The summed E-state index contributed by atoms with van der Waals surface area (Å²) < 4.78 is 6.49. The Labute approximate surface area is 138 Å². The molecule has 1 aliphatic rings. The molecule has 110 valence electrons. The van der Waals surface area contributed by atoms with E-state index < -0.39 is 0 Å². The summed E-state index contributed by atoms with van der Waals surface area (Å²) >= 11 is 5.48. The standard InChI is InChI=1S/C17H18BrNOS/c1-19-17-15-10-13(20-2)7-6-11(15)8-16(17)21-14-5-3-4-12(18)9-14/h3-7,9-10,16-17,19H,8H2,1-2H3. The van der Waals surface area contributed by atoms with Gasteiger partial charge in [0, 0.05) is 20.7 Å². The highest BCUT2D eigenvalue weighted by Gasteiger charge is 2.32. The van der Waals surface area contributed by atoms with Crippen LogP contribution in [0.1, 0.15) is 17.2 Å². The lowest BCUT2D eigenvalue weighted by Crippen LogP contribution is -2.23. The van der Waals surface area contributed by atoms with Crippen LogP contribution in [-0.4, -0.2) is 19.4 Å².